The molecule has 53 heavy (non-hydrogen) atoms. The Bertz CT molecular complexity index is 1590. The Morgan fingerprint density at radius 3 is 1.92 bits per heavy atom. The highest BCUT2D eigenvalue weighted by Crippen LogP contribution is 2.30. The van der Waals surface area contributed by atoms with Gasteiger partial charge in [0.2, 0.25) is 11.8 Å². The second-order valence-electron chi connectivity index (χ2n) is 14.0. The van der Waals surface area contributed by atoms with E-state index in [0.29, 0.717) is 19.2 Å². The van der Waals surface area contributed by atoms with Crippen molar-refractivity contribution in [1.82, 2.24) is 20.9 Å². The lowest BCUT2D eigenvalue weighted by Crippen LogP contribution is -2.55. The van der Waals surface area contributed by atoms with E-state index >= 15 is 0 Å². The van der Waals surface area contributed by atoms with Gasteiger partial charge in [-0.05, 0) is 80.3 Å². The Morgan fingerprint density at radius 2 is 1.40 bits per heavy atom. The third-order valence-corrected chi connectivity index (χ3v) is 9.22. The lowest BCUT2D eigenvalue weighted by molar-refractivity contribution is -0.149. The van der Waals surface area contributed by atoms with Crippen molar-refractivity contribution >= 4 is 35.6 Å². The summed E-state index contributed by atoms with van der Waals surface area (Å²) in [4.78, 5) is 78.3. The molecular formula is C38H50F2N4O9. The molecule has 1 saturated carbocycles. The molecule has 2 aromatic carbocycles. The number of amides is 4. The molecule has 1 unspecified atom stereocenters. The molecule has 3 rings (SSSR count). The van der Waals surface area contributed by atoms with Crippen LogP contribution in [0.1, 0.15) is 92.5 Å². The second-order valence-corrected chi connectivity index (χ2v) is 14.0. The number of carbonyl (C=O) groups is 6. The molecule has 0 bridgehead atoms. The van der Waals surface area contributed by atoms with E-state index in [2.05, 4.69) is 16.0 Å². The van der Waals surface area contributed by atoms with Gasteiger partial charge in [-0.1, -0.05) is 33.8 Å². The van der Waals surface area contributed by atoms with Crippen LogP contribution in [0.2, 0.25) is 0 Å². The maximum Gasteiger partial charge on any atom is 0.306 e. The van der Waals surface area contributed by atoms with E-state index in [4.69, 9.17) is 0 Å². The maximum atomic E-state index is 14.1. The summed E-state index contributed by atoms with van der Waals surface area (Å²) in [5.74, 6) is -9.02. The zero-order chi connectivity index (χ0) is 39.4. The van der Waals surface area contributed by atoms with Gasteiger partial charge in [-0.2, -0.15) is 0 Å². The molecule has 15 heteroatoms. The minimum Gasteiger partial charge on any atom is -0.481 e. The molecule has 1 fully saturated rings. The van der Waals surface area contributed by atoms with Gasteiger partial charge in [-0.15, -0.1) is 0 Å². The number of aliphatic hydroxyl groups is 1. The van der Waals surface area contributed by atoms with E-state index in [1.165, 1.54) is 18.2 Å². The van der Waals surface area contributed by atoms with Crippen molar-refractivity contribution < 1.29 is 52.9 Å². The fourth-order valence-corrected chi connectivity index (χ4v) is 6.58. The van der Waals surface area contributed by atoms with Gasteiger partial charge in [0.15, 0.2) is 0 Å². The summed E-state index contributed by atoms with van der Waals surface area (Å²) in [6, 6.07) is 5.50. The van der Waals surface area contributed by atoms with Crippen molar-refractivity contribution in [2.75, 3.05) is 13.1 Å². The normalized spacial score (nSPS) is 18.7. The monoisotopic (exact) mass is 744 g/mol. The number of carboxylic acid groups (broad SMARTS) is 2. The highest BCUT2D eigenvalue weighted by atomic mass is 19.1. The molecule has 0 aliphatic heterocycles. The number of carbonyl (C=O) groups excluding carboxylic acids is 4. The van der Waals surface area contributed by atoms with Gasteiger partial charge in [0.05, 0.1) is 30.4 Å². The fourth-order valence-electron chi connectivity index (χ4n) is 6.58. The van der Waals surface area contributed by atoms with Gasteiger partial charge in [-0.25, -0.2) is 8.78 Å². The number of aliphatic carboxylic acids is 2. The minimum atomic E-state index is -1.62. The number of halogens is 2. The molecule has 13 nitrogen and oxygen atoms in total. The number of hydrogen-bond acceptors (Lipinski definition) is 7. The number of nitrogens with one attached hydrogen (secondary N) is 3. The Balaban J connectivity index is 1.78. The van der Waals surface area contributed by atoms with Crippen molar-refractivity contribution in [1.29, 1.82) is 0 Å². The van der Waals surface area contributed by atoms with Crippen LogP contribution in [-0.4, -0.2) is 93.1 Å². The van der Waals surface area contributed by atoms with Gasteiger partial charge in [0, 0.05) is 36.3 Å². The largest absolute Gasteiger partial charge is 0.481 e. The predicted molar refractivity (Wildman–Crippen MR) is 190 cm³/mol. The Morgan fingerprint density at radius 1 is 0.830 bits per heavy atom. The SMILES string of the molecule is CCCN(CCC)C(=O)c1cccc(C(=O)N[C@@H](Cc2cc(F)cc(F)c2)[C@@H](O)CC(=O)N[C@H](C(=O)NC2C[C@@H](C(=O)O)C[C@@H](C(=O)O)C2)C(C)C)c1. The zero-order valence-corrected chi connectivity index (χ0v) is 30.4. The second kappa shape index (κ2) is 19.8. The third-order valence-electron chi connectivity index (χ3n) is 9.22. The molecular weight excluding hydrogens is 694 g/mol. The molecule has 290 valence electrons. The summed E-state index contributed by atoms with van der Waals surface area (Å²) < 4.78 is 28.2. The number of carboxylic acids is 2. The minimum absolute atomic E-state index is 0.0111. The average molecular weight is 745 g/mol. The number of hydrogen-bond donors (Lipinski definition) is 6. The molecule has 0 aromatic heterocycles. The smallest absolute Gasteiger partial charge is 0.306 e. The van der Waals surface area contributed by atoms with E-state index in [1.807, 2.05) is 13.8 Å². The van der Waals surface area contributed by atoms with E-state index in [9.17, 15) is 52.9 Å². The van der Waals surface area contributed by atoms with Crippen LogP contribution < -0.4 is 16.0 Å². The summed E-state index contributed by atoms with van der Waals surface area (Å²) in [5.41, 5.74) is 0.425. The van der Waals surface area contributed by atoms with E-state index < -0.39 is 89.7 Å². The molecule has 4 amide bonds. The summed E-state index contributed by atoms with van der Waals surface area (Å²) in [5, 5.41) is 38.2. The van der Waals surface area contributed by atoms with Gasteiger partial charge in [0.25, 0.3) is 11.8 Å². The summed E-state index contributed by atoms with van der Waals surface area (Å²) in [6.07, 6.45) is -1.13. The average Bonchev–Trinajstić information content (AvgIpc) is 3.09. The molecule has 1 aliphatic rings. The number of benzene rings is 2. The molecule has 0 saturated heterocycles. The van der Waals surface area contributed by atoms with Crippen molar-refractivity contribution in [2.45, 2.75) is 96.9 Å². The molecule has 6 atom stereocenters. The van der Waals surface area contributed by atoms with Gasteiger partial charge in [0.1, 0.15) is 17.7 Å². The number of nitrogens with zero attached hydrogens (tertiary/aromatic N) is 1. The van der Waals surface area contributed by atoms with Crippen LogP contribution in [0.4, 0.5) is 8.78 Å². The summed E-state index contributed by atoms with van der Waals surface area (Å²) in [6.45, 7) is 8.24. The van der Waals surface area contributed by atoms with Crippen LogP contribution in [0.15, 0.2) is 42.5 Å². The highest BCUT2D eigenvalue weighted by molar-refractivity contribution is 6.00. The quantitative estimate of drug-likeness (QED) is 0.132. The first kappa shape index (κ1) is 42.5. The topological polar surface area (TPSA) is 202 Å². The number of aliphatic hydroxyl groups excluding tert-OH is 1. The van der Waals surface area contributed by atoms with E-state index in [1.54, 1.807) is 24.8 Å². The van der Waals surface area contributed by atoms with Crippen LogP contribution in [-0.2, 0) is 25.6 Å². The van der Waals surface area contributed by atoms with Crippen LogP contribution in [0.3, 0.4) is 0 Å². The molecule has 6 N–H and O–H groups in total. The summed E-state index contributed by atoms with van der Waals surface area (Å²) in [7, 11) is 0. The first-order chi connectivity index (χ1) is 25.0. The molecule has 0 spiro atoms. The van der Waals surface area contributed by atoms with Crippen LogP contribution >= 0.6 is 0 Å². The van der Waals surface area contributed by atoms with Crippen LogP contribution in [0.5, 0.6) is 0 Å². The maximum absolute atomic E-state index is 14.1. The van der Waals surface area contributed by atoms with E-state index in [0.717, 1.165) is 25.0 Å². The highest BCUT2D eigenvalue weighted by Gasteiger charge is 2.38. The third kappa shape index (κ3) is 12.6. The molecule has 0 heterocycles. The van der Waals surface area contributed by atoms with Crippen molar-refractivity contribution in [3.8, 4) is 0 Å². The van der Waals surface area contributed by atoms with Crippen molar-refractivity contribution in [3.05, 3.63) is 70.8 Å². The Hall–Kier alpha value is -4.92. The molecule has 0 radical (unpaired) electrons. The predicted octanol–water partition coefficient (Wildman–Crippen LogP) is 3.53. The van der Waals surface area contributed by atoms with Crippen LogP contribution in [0.25, 0.3) is 0 Å². The van der Waals surface area contributed by atoms with Gasteiger partial charge in [-0.3, -0.25) is 28.8 Å². The lowest BCUT2D eigenvalue weighted by Gasteiger charge is -2.33. The zero-order valence-electron chi connectivity index (χ0n) is 30.4. The standard InChI is InChI=1S/C38H50F2N4O9/c1-5-10-44(11-6-2)36(49)24-9-7-8-23(15-24)34(47)42-30(14-22-12-27(39)19-28(40)13-22)31(45)20-32(46)43-33(21(3)4)35(48)41-29-17-25(37(50)51)16-26(18-29)38(52)53/h7-9,12-13,15,19,21,25-26,29-31,33,45H,5-6,10-11,14,16-18,20H2,1-4H3,(H,41,48)(H,42,47)(H,43,46)(H,50,51)(H,52,53)/t25-,26+,29?,30-,31-,33-/m0/s1. The Kier molecular flexibility index (Phi) is 15.9. The molecule has 1 aliphatic carbocycles. The fraction of sp³-hybridized carbons (Fsp3) is 0.526. The van der Waals surface area contributed by atoms with Gasteiger partial charge < -0.3 is 36.2 Å². The van der Waals surface area contributed by atoms with Crippen molar-refractivity contribution in [3.63, 3.8) is 0 Å². The van der Waals surface area contributed by atoms with Crippen LogP contribution in [0, 0.1) is 29.4 Å². The first-order valence-corrected chi connectivity index (χ1v) is 17.9. The Labute approximate surface area is 307 Å². The lowest BCUT2D eigenvalue weighted by atomic mass is 9.78. The summed E-state index contributed by atoms with van der Waals surface area (Å²) >= 11 is 0. The van der Waals surface area contributed by atoms with Crippen molar-refractivity contribution in [2.24, 2.45) is 17.8 Å². The molecule has 2 aromatic rings. The van der Waals surface area contributed by atoms with E-state index in [-0.39, 0.29) is 48.3 Å². The number of rotatable bonds is 18. The van der Waals surface area contributed by atoms with Gasteiger partial charge >= 0.3 is 11.9 Å². The first-order valence-electron chi connectivity index (χ1n) is 17.9.